The van der Waals surface area contributed by atoms with Gasteiger partial charge in [0.05, 0.1) is 0 Å². The van der Waals surface area contributed by atoms with Gasteiger partial charge in [0, 0.05) is 29.1 Å². The standard InChI is InChI=1S/C25H32N4O5/c1-5-7-20-11-19(9-16(4)27-20)25-28-24(29-34-25)18-8-15(3)23(17(6-2)10-18)33-14-21(31)12-26-22(32)13-30/h8-11,21,30-31H,5-7,12-14H2,1-4H3,(H,26,32)/t21-/m0/s1. The first-order chi connectivity index (χ1) is 16.3. The zero-order valence-electron chi connectivity index (χ0n) is 20.1. The van der Waals surface area contributed by atoms with Crippen molar-refractivity contribution >= 4 is 5.91 Å². The molecule has 0 aliphatic carbocycles. The van der Waals surface area contributed by atoms with Crippen molar-refractivity contribution in [2.45, 2.75) is 53.1 Å². The van der Waals surface area contributed by atoms with Crippen LogP contribution in [0.2, 0.25) is 0 Å². The lowest BCUT2D eigenvalue weighted by Crippen LogP contribution is -2.36. The number of aliphatic hydroxyl groups excluding tert-OH is 2. The molecule has 0 aliphatic heterocycles. The van der Waals surface area contributed by atoms with Crippen LogP contribution in [0.5, 0.6) is 5.75 Å². The minimum atomic E-state index is -0.902. The van der Waals surface area contributed by atoms with Gasteiger partial charge in [-0.05, 0) is 62.1 Å². The van der Waals surface area contributed by atoms with E-state index in [4.69, 9.17) is 14.4 Å². The monoisotopic (exact) mass is 468 g/mol. The van der Waals surface area contributed by atoms with Crippen LogP contribution in [0.15, 0.2) is 28.8 Å². The molecule has 0 unspecified atom stereocenters. The minimum Gasteiger partial charge on any atom is -0.490 e. The summed E-state index contributed by atoms with van der Waals surface area (Å²) < 4.78 is 11.4. The Morgan fingerprint density at radius 1 is 1.15 bits per heavy atom. The van der Waals surface area contributed by atoms with Gasteiger partial charge in [-0.2, -0.15) is 4.98 Å². The third-order valence-corrected chi connectivity index (χ3v) is 5.27. The minimum absolute atomic E-state index is 0.00191. The summed E-state index contributed by atoms with van der Waals surface area (Å²) in [4.78, 5) is 20.3. The first-order valence-corrected chi connectivity index (χ1v) is 11.5. The van der Waals surface area contributed by atoms with Gasteiger partial charge in [-0.3, -0.25) is 9.78 Å². The number of nitrogens with zero attached hydrogens (tertiary/aromatic N) is 3. The average molecular weight is 469 g/mol. The van der Waals surface area contributed by atoms with Crippen molar-refractivity contribution < 1.29 is 24.3 Å². The van der Waals surface area contributed by atoms with E-state index < -0.39 is 18.6 Å². The van der Waals surface area contributed by atoms with Gasteiger partial charge in [0.25, 0.3) is 5.89 Å². The van der Waals surface area contributed by atoms with Crippen molar-refractivity contribution in [3.8, 4) is 28.6 Å². The number of nitrogens with one attached hydrogen (secondary N) is 1. The van der Waals surface area contributed by atoms with Crippen LogP contribution in [0.3, 0.4) is 0 Å². The molecule has 1 atom stereocenters. The van der Waals surface area contributed by atoms with Gasteiger partial charge in [0.1, 0.15) is 25.1 Å². The number of hydrogen-bond donors (Lipinski definition) is 3. The molecule has 3 N–H and O–H groups in total. The molecule has 0 saturated heterocycles. The van der Waals surface area contributed by atoms with E-state index in [1.165, 1.54) is 0 Å². The van der Waals surface area contributed by atoms with Gasteiger partial charge in [-0.1, -0.05) is 25.4 Å². The molecule has 0 aliphatic rings. The first kappa shape index (κ1) is 25.3. The Labute approximate surface area is 199 Å². The number of amides is 1. The number of carbonyl (C=O) groups is 1. The molecule has 1 aromatic carbocycles. The third kappa shape index (κ3) is 6.39. The molecule has 3 aromatic rings. The summed E-state index contributed by atoms with van der Waals surface area (Å²) in [6, 6.07) is 7.80. The van der Waals surface area contributed by atoms with Crippen molar-refractivity contribution in [3.63, 3.8) is 0 Å². The predicted octanol–water partition coefficient (Wildman–Crippen LogP) is 2.78. The molecule has 182 valence electrons. The number of benzene rings is 1. The van der Waals surface area contributed by atoms with Crippen LogP contribution in [-0.2, 0) is 17.6 Å². The van der Waals surface area contributed by atoms with Gasteiger partial charge in [-0.15, -0.1) is 0 Å². The maximum Gasteiger partial charge on any atom is 0.258 e. The maximum absolute atomic E-state index is 11.1. The highest BCUT2D eigenvalue weighted by molar-refractivity contribution is 5.76. The van der Waals surface area contributed by atoms with Gasteiger partial charge >= 0.3 is 0 Å². The molecule has 0 radical (unpaired) electrons. The van der Waals surface area contributed by atoms with Crippen LogP contribution >= 0.6 is 0 Å². The molecule has 0 spiro atoms. The maximum atomic E-state index is 11.1. The van der Waals surface area contributed by atoms with Gasteiger partial charge in [0.2, 0.25) is 11.7 Å². The highest BCUT2D eigenvalue weighted by Gasteiger charge is 2.17. The third-order valence-electron chi connectivity index (χ3n) is 5.27. The molecule has 9 nitrogen and oxygen atoms in total. The van der Waals surface area contributed by atoms with Crippen molar-refractivity contribution in [3.05, 3.63) is 46.8 Å². The number of aliphatic hydroxyl groups is 2. The summed E-state index contributed by atoms with van der Waals surface area (Å²) in [6.07, 6.45) is 1.70. The number of aromatic nitrogens is 3. The Morgan fingerprint density at radius 2 is 1.94 bits per heavy atom. The number of aryl methyl sites for hydroxylation is 4. The van der Waals surface area contributed by atoms with Gasteiger partial charge in [-0.25, -0.2) is 0 Å². The van der Waals surface area contributed by atoms with Crippen molar-refractivity contribution in [2.75, 3.05) is 19.8 Å². The molecular weight excluding hydrogens is 436 g/mol. The lowest BCUT2D eigenvalue weighted by atomic mass is 10.0. The average Bonchev–Trinajstić information content (AvgIpc) is 3.31. The number of hydrogen-bond acceptors (Lipinski definition) is 8. The second-order valence-corrected chi connectivity index (χ2v) is 8.22. The highest BCUT2D eigenvalue weighted by atomic mass is 16.5. The fourth-order valence-corrected chi connectivity index (χ4v) is 3.67. The summed E-state index contributed by atoms with van der Waals surface area (Å²) in [7, 11) is 0. The summed E-state index contributed by atoms with van der Waals surface area (Å²) in [6.45, 7) is 7.39. The molecule has 0 fully saturated rings. The van der Waals surface area contributed by atoms with Crippen LogP contribution in [0, 0.1) is 13.8 Å². The Kier molecular flexibility index (Phi) is 8.72. The van der Waals surface area contributed by atoms with Crippen molar-refractivity contribution in [1.82, 2.24) is 20.4 Å². The van der Waals surface area contributed by atoms with Gasteiger partial charge < -0.3 is 24.8 Å². The molecule has 2 aromatic heterocycles. The quantitative estimate of drug-likeness (QED) is 0.392. The first-order valence-electron chi connectivity index (χ1n) is 11.5. The molecule has 0 saturated carbocycles. The normalized spacial score (nSPS) is 11.9. The summed E-state index contributed by atoms with van der Waals surface area (Å²) >= 11 is 0. The van der Waals surface area contributed by atoms with E-state index in [0.717, 1.165) is 46.5 Å². The molecule has 2 heterocycles. The lowest BCUT2D eigenvalue weighted by Gasteiger charge is -2.17. The Bertz CT molecular complexity index is 1130. The molecule has 1 amide bonds. The van der Waals surface area contributed by atoms with Crippen LogP contribution in [0.4, 0.5) is 0 Å². The Hall–Kier alpha value is -3.30. The number of carbonyl (C=O) groups excluding carboxylic acids is 1. The molecule has 0 bridgehead atoms. The SMILES string of the molecule is CCCc1cc(-c2nc(-c3cc(C)c(OC[C@@H](O)CNC(=O)CO)c(CC)c3)no2)cc(C)n1. The second-order valence-electron chi connectivity index (χ2n) is 8.22. The largest absolute Gasteiger partial charge is 0.490 e. The predicted molar refractivity (Wildman–Crippen MR) is 127 cm³/mol. The molecule has 9 heteroatoms. The van der Waals surface area contributed by atoms with Crippen molar-refractivity contribution in [2.24, 2.45) is 0 Å². The van der Waals surface area contributed by atoms with E-state index in [1.54, 1.807) is 0 Å². The van der Waals surface area contributed by atoms with Crippen LogP contribution < -0.4 is 10.1 Å². The number of rotatable bonds is 11. The summed E-state index contributed by atoms with van der Waals surface area (Å²) in [5.41, 5.74) is 5.39. The van der Waals surface area contributed by atoms with E-state index in [-0.39, 0.29) is 13.2 Å². The van der Waals surface area contributed by atoms with Crippen LogP contribution in [0.25, 0.3) is 22.8 Å². The zero-order chi connectivity index (χ0) is 24.7. The Balaban J connectivity index is 1.78. The summed E-state index contributed by atoms with van der Waals surface area (Å²) in [5.74, 6) is 1.06. The second kappa shape index (κ2) is 11.7. The molecule has 34 heavy (non-hydrogen) atoms. The van der Waals surface area contributed by atoms with E-state index in [2.05, 4.69) is 27.4 Å². The number of ether oxygens (including phenoxy) is 1. The van der Waals surface area contributed by atoms with E-state index in [0.29, 0.717) is 23.9 Å². The van der Waals surface area contributed by atoms with Crippen molar-refractivity contribution in [1.29, 1.82) is 0 Å². The van der Waals surface area contributed by atoms with E-state index in [9.17, 15) is 9.90 Å². The van der Waals surface area contributed by atoms with Gasteiger partial charge in [0.15, 0.2) is 0 Å². The lowest BCUT2D eigenvalue weighted by molar-refractivity contribution is -0.124. The van der Waals surface area contributed by atoms with Crippen LogP contribution in [-0.4, -0.2) is 57.1 Å². The number of pyridine rings is 1. The fraction of sp³-hybridized carbons (Fsp3) is 0.440. The molecule has 3 rings (SSSR count). The topological polar surface area (TPSA) is 131 Å². The van der Waals surface area contributed by atoms with Crippen LogP contribution in [0.1, 0.15) is 42.8 Å². The fourth-order valence-electron chi connectivity index (χ4n) is 3.67. The van der Waals surface area contributed by atoms with E-state index in [1.807, 2.05) is 45.0 Å². The summed E-state index contributed by atoms with van der Waals surface area (Å²) in [5, 5.41) is 25.4. The van der Waals surface area contributed by atoms with E-state index >= 15 is 0 Å². The zero-order valence-corrected chi connectivity index (χ0v) is 20.1. The smallest absolute Gasteiger partial charge is 0.258 e. The highest BCUT2D eigenvalue weighted by Crippen LogP contribution is 2.31. The Morgan fingerprint density at radius 3 is 2.65 bits per heavy atom. The molecular formula is C25H32N4O5.